The van der Waals surface area contributed by atoms with Crippen LogP contribution < -0.4 is 10.6 Å². The fraction of sp³-hybridized carbons (Fsp3) is 0.600. The number of carbonyl (C=O) groups is 2. The first kappa shape index (κ1) is 17.5. The minimum absolute atomic E-state index is 0.00498. The normalized spacial score (nSPS) is 13.8. The van der Waals surface area contributed by atoms with Gasteiger partial charge in [0.1, 0.15) is 0 Å². The molecule has 1 heterocycles. The van der Waals surface area contributed by atoms with E-state index in [0.717, 1.165) is 6.42 Å². The number of aryl methyl sites for hydroxylation is 1. The van der Waals surface area contributed by atoms with Crippen molar-refractivity contribution in [2.45, 2.75) is 40.2 Å². The van der Waals surface area contributed by atoms with E-state index in [4.69, 9.17) is 5.11 Å². The first-order chi connectivity index (χ1) is 9.79. The Bertz CT molecular complexity index is 485. The van der Waals surface area contributed by atoms with E-state index in [2.05, 4.69) is 29.7 Å². The number of carboxylic acids is 1. The Balaban J connectivity index is 2.37. The van der Waals surface area contributed by atoms with Gasteiger partial charge in [-0.05, 0) is 31.9 Å². The molecule has 21 heavy (non-hydrogen) atoms. The number of rotatable bonds is 7. The van der Waals surface area contributed by atoms with Crippen molar-refractivity contribution < 1.29 is 14.7 Å². The summed E-state index contributed by atoms with van der Waals surface area (Å²) in [4.78, 5) is 25.3. The summed E-state index contributed by atoms with van der Waals surface area (Å²) >= 11 is 1.72. The molecule has 0 aliphatic heterocycles. The lowest BCUT2D eigenvalue weighted by Crippen LogP contribution is -2.44. The molecule has 0 fully saturated rings. The SMILES string of the molecule is Cc1ccc(CC(C)NC(=O)NCC(C(=O)O)C(C)C)s1. The van der Waals surface area contributed by atoms with Gasteiger partial charge >= 0.3 is 12.0 Å². The fourth-order valence-electron chi connectivity index (χ4n) is 2.03. The number of thiophene rings is 1. The van der Waals surface area contributed by atoms with Crippen LogP contribution in [0.1, 0.15) is 30.5 Å². The van der Waals surface area contributed by atoms with Crippen molar-refractivity contribution in [2.24, 2.45) is 11.8 Å². The highest BCUT2D eigenvalue weighted by atomic mass is 32.1. The molecule has 0 aliphatic carbocycles. The molecule has 1 aromatic rings. The Kier molecular flexibility index (Phi) is 6.68. The van der Waals surface area contributed by atoms with Crippen molar-refractivity contribution >= 4 is 23.3 Å². The molecule has 2 unspecified atom stereocenters. The Hall–Kier alpha value is -1.56. The first-order valence-corrected chi connectivity index (χ1v) is 7.93. The van der Waals surface area contributed by atoms with E-state index in [1.54, 1.807) is 11.3 Å². The molecule has 0 spiro atoms. The average Bonchev–Trinajstić information content (AvgIpc) is 2.73. The molecule has 1 aromatic heterocycles. The van der Waals surface area contributed by atoms with Crippen LogP contribution in [0.15, 0.2) is 12.1 Å². The first-order valence-electron chi connectivity index (χ1n) is 7.12. The van der Waals surface area contributed by atoms with E-state index in [-0.39, 0.29) is 24.5 Å². The van der Waals surface area contributed by atoms with Crippen LogP contribution in [-0.2, 0) is 11.2 Å². The molecule has 0 saturated carbocycles. The Morgan fingerprint density at radius 2 is 1.95 bits per heavy atom. The third-order valence-electron chi connectivity index (χ3n) is 3.29. The number of aliphatic carboxylic acids is 1. The zero-order valence-electron chi connectivity index (χ0n) is 13.0. The molecule has 1 rings (SSSR count). The summed E-state index contributed by atoms with van der Waals surface area (Å²) < 4.78 is 0. The van der Waals surface area contributed by atoms with Crippen LogP contribution in [-0.4, -0.2) is 29.7 Å². The standard InChI is InChI=1S/C15H24N2O3S/c1-9(2)13(14(18)19)8-16-15(20)17-10(3)7-12-6-5-11(4)21-12/h5-6,9-10,13H,7-8H2,1-4H3,(H,18,19)(H2,16,17,20). The zero-order valence-corrected chi connectivity index (χ0v) is 13.8. The second-order valence-electron chi connectivity index (χ2n) is 5.66. The van der Waals surface area contributed by atoms with Gasteiger partial charge in [-0.15, -0.1) is 11.3 Å². The van der Waals surface area contributed by atoms with Gasteiger partial charge in [0, 0.05) is 28.8 Å². The van der Waals surface area contributed by atoms with Gasteiger partial charge in [-0.25, -0.2) is 4.79 Å². The van der Waals surface area contributed by atoms with Crippen LogP contribution in [0.4, 0.5) is 4.79 Å². The number of hydrogen-bond donors (Lipinski definition) is 3. The van der Waals surface area contributed by atoms with Crippen LogP contribution in [0.25, 0.3) is 0 Å². The number of amides is 2. The molecular weight excluding hydrogens is 288 g/mol. The van der Waals surface area contributed by atoms with Gasteiger partial charge in [0.25, 0.3) is 0 Å². The van der Waals surface area contributed by atoms with Crippen LogP contribution in [0.5, 0.6) is 0 Å². The monoisotopic (exact) mass is 312 g/mol. The highest BCUT2D eigenvalue weighted by molar-refractivity contribution is 7.11. The molecule has 6 heteroatoms. The van der Waals surface area contributed by atoms with E-state index in [1.807, 2.05) is 20.8 Å². The number of nitrogens with one attached hydrogen (secondary N) is 2. The summed E-state index contributed by atoms with van der Waals surface area (Å²) in [5.74, 6) is -1.47. The van der Waals surface area contributed by atoms with Gasteiger partial charge in [0.05, 0.1) is 5.92 Å². The number of carbonyl (C=O) groups excluding carboxylic acids is 1. The van der Waals surface area contributed by atoms with E-state index in [1.165, 1.54) is 9.75 Å². The molecule has 0 bridgehead atoms. The quantitative estimate of drug-likeness (QED) is 0.724. The highest BCUT2D eigenvalue weighted by Crippen LogP contribution is 2.16. The van der Waals surface area contributed by atoms with Gasteiger partial charge in [-0.2, -0.15) is 0 Å². The van der Waals surface area contributed by atoms with Gasteiger partial charge in [0.2, 0.25) is 0 Å². The largest absolute Gasteiger partial charge is 0.481 e. The summed E-state index contributed by atoms with van der Waals surface area (Å²) in [6.07, 6.45) is 0.776. The summed E-state index contributed by atoms with van der Waals surface area (Å²) in [6, 6.07) is 3.82. The Morgan fingerprint density at radius 3 is 2.43 bits per heavy atom. The van der Waals surface area contributed by atoms with E-state index in [0.29, 0.717) is 0 Å². The molecule has 5 nitrogen and oxygen atoms in total. The molecule has 2 amide bonds. The van der Waals surface area contributed by atoms with Gasteiger partial charge in [-0.1, -0.05) is 13.8 Å². The third-order valence-corrected chi connectivity index (χ3v) is 4.31. The predicted octanol–water partition coefficient (Wildman–Crippen LogP) is 2.64. The van der Waals surface area contributed by atoms with Gasteiger partial charge in [0.15, 0.2) is 0 Å². The maximum absolute atomic E-state index is 11.8. The van der Waals surface area contributed by atoms with Crippen LogP contribution >= 0.6 is 11.3 Å². The summed E-state index contributed by atoms with van der Waals surface area (Å²) in [7, 11) is 0. The third kappa shape index (κ3) is 6.16. The minimum Gasteiger partial charge on any atom is -0.481 e. The van der Waals surface area contributed by atoms with Gasteiger partial charge in [-0.3, -0.25) is 4.79 Å². The minimum atomic E-state index is -0.882. The Morgan fingerprint density at radius 1 is 1.29 bits per heavy atom. The van der Waals surface area contributed by atoms with Crippen molar-refractivity contribution in [3.8, 4) is 0 Å². The second kappa shape index (κ2) is 8.02. The van der Waals surface area contributed by atoms with Crippen LogP contribution in [0, 0.1) is 18.8 Å². The van der Waals surface area contributed by atoms with E-state index in [9.17, 15) is 9.59 Å². The lowest BCUT2D eigenvalue weighted by molar-refractivity contribution is -0.142. The maximum Gasteiger partial charge on any atom is 0.315 e. The maximum atomic E-state index is 11.8. The summed E-state index contributed by atoms with van der Waals surface area (Å²) in [5.41, 5.74) is 0. The van der Waals surface area contributed by atoms with Crippen molar-refractivity contribution in [3.63, 3.8) is 0 Å². The smallest absolute Gasteiger partial charge is 0.315 e. The van der Waals surface area contributed by atoms with Crippen molar-refractivity contribution in [2.75, 3.05) is 6.54 Å². The van der Waals surface area contributed by atoms with Crippen molar-refractivity contribution in [1.82, 2.24) is 10.6 Å². The number of hydrogen-bond acceptors (Lipinski definition) is 3. The Labute approximate surface area is 129 Å². The summed E-state index contributed by atoms with van der Waals surface area (Å²) in [5, 5.41) is 14.5. The predicted molar refractivity (Wildman–Crippen MR) is 84.7 cm³/mol. The molecule has 0 aromatic carbocycles. The highest BCUT2D eigenvalue weighted by Gasteiger charge is 2.22. The topological polar surface area (TPSA) is 78.4 Å². The molecule has 0 radical (unpaired) electrons. The number of carboxylic acid groups (broad SMARTS) is 1. The summed E-state index contributed by atoms with van der Waals surface area (Å²) in [6.45, 7) is 7.80. The van der Waals surface area contributed by atoms with Crippen molar-refractivity contribution in [1.29, 1.82) is 0 Å². The molecular formula is C15H24N2O3S. The van der Waals surface area contributed by atoms with E-state index >= 15 is 0 Å². The van der Waals surface area contributed by atoms with Crippen molar-refractivity contribution in [3.05, 3.63) is 21.9 Å². The molecule has 3 N–H and O–H groups in total. The lowest BCUT2D eigenvalue weighted by Gasteiger charge is -2.18. The zero-order chi connectivity index (χ0) is 16.0. The fourth-order valence-corrected chi connectivity index (χ4v) is 3.05. The van der Waals surface area contributed by atoms with Crippen LogP contribution in [0.2, 0.25) is 0 Å². The van der Waals surface area contributed by atoms with E-state index < -0.39 is 11.9 Å². The second-order valence-corrected chi connectivity index (χ2v) is 7.03. The average molecular weight is 312 g/mol. The lowest BCUT2D eigenvalue weighted by atomic mass is 9.96. The molecule has 0 saturated heterocycles. The molecule has 118 valence electrons. The van der Waals surface area contributed by atoms with Gasteiger partial charge < -0.3 is 15.7 Å². The number of urea groups is 1. The molecule has 0 aliphatic rings. The molecule has 2 atom stereocenters. The van der Waals surface area contributed by atoms with Crippen LogP contribution in [0.3, 0.4) is 0 Å².